The fraction of sp³-hybridized carbons (Fsp3) is 0.120. The normalized spacial score (nSPS) is 17.5. The molecule has 1 aliphatic heterocycles. The van der Waals surface area contributed by atoms with Gasteiger partial charge >= 0.3 is 6.03 Å². The van der Waals surface area contributed by atoms with Crippen molar-refractivity contribution < 1.29 is 19.2 Å². The summed E-state index contributed by atoms with van der Waals surface area (Å²) in [7, 11) is 0. The molecule has 3 aromatic carbocycles. The van der Waals surface area contributed by atoms with Crippen LogP contribution in [0.4, 0.5) is 10.5 Å². The van der Waals surface area contributed by atoms with E-state index in [2.05, 4.69) is 10.6 Å². The van der Waals surface area contributed by atoms with E-state index in [-0.39, 0.29) is 6.42 Å². The molecule has 1 aliphatic rings. The fourth-order valence-electron chi connectivity index (χ4n) is 3.87. The predicted molar refractivity (Wildman–Crippen MR) is 122 cm³/mol. The fourth-order valence-corrected chi connectivity index (χ4v) is 3.87. The van der Waals surface area contributed by atoms with Gasteiger partial charge in [-0.1, -0.05) is 60.7 Å². The Morgan fingerprint density at radius 1 is 0.879 bits per heavy atom. The van der Waals surface area contributed by atoms with Crippen LogP contribution in [-0.2, 0) is 21.5 Å². The van der Waals surface area contributed by atoms with Gasteiger partial charge in [0.15, 0.2) is 5.54 Å². The van der Waals surface area contributed by atoms with Crippen molar-refractivity contribution in [2.75, 3.05) is 11.9 Å². The monoisotopic (exact) mass is 442 g/mol. The number of rotatable bonds is 7. The quantitative estimate of drug-likeness (QED) is 0.487. The molecule has 1 heterocycles. The molecule has 5 amide bonds. The summed E-state index contributed by atoms with van der Waals surface area (Å²) < 4.78 is 0. The Bertz CT molecular complexity index is 1200. The van der Waals surface area contributed by atoms with E-state index in [1.54, 1.807) is 24.3 Å². The summed E-state index contributed by atoms with van der Waals surface area (Å²) in [4.78, 5) is 51.1. The van der Waals surface area contributed by atoms with Gasteiger partial charge in [0.05, 0.1) is 0 Å². The molecule has 8 heteroatoms. The Labute approximate surface area is 190 Å². The number of urea groups is 1. The van der Waals surface area contributed by atoms with Crippen LogP contribution in [0.3, 0.4) is 0 Å². The molecule has 166 valence electrons. The third-order valence-electron chi connectivity index (χ3n) is 5.51. The van der Waals surface area contributed by atoms with Crippen LogP contribution >= 0.6 is 0 Å². The number of nitrogens with one attached hydrogen (secondary N) is 2. The molecule has 4 rings (SSSR count). The van der Waals surface area contributed by atoms with E-state index < -0.39 is 35.8 Å². The lowest BCUT2D eigenvalue weighted by atomic mass is 9.83. The highest BCUT2D eigenvalue weighted by molar-refractivity contribution is 6.10. The van der Waals surface area contributed by atoms with E-state index in [0.717, 1.165) is 10.5 Å². The van der Waals surface area contributed by atoms with Crippen LogP contribution in [0, 0.1) is 0 Å². The Balaban J connectivity index is 1.56. The first-order chi connectivity index (χ1) is 15.9. The maximum Gasteiger partial charge on any atom is 0.325 e. The molecule has 0 unspecified atom stereocenters. The number of amides is 5. The van der Waals surface area contributed by atoms with E-state index in [1.807, 2.05) is 36.4 Å². The van der Waals surface area contributed by atoms with Gasteiger partial charge in [0.25, 0.3) is 5.91 Å². The van der Waals surface area contributed by atoms with Gasteiger partial charge in [-0.25, -0.2) is 4.79 Å². The number of hydrogen-bond acceptors (Lipinski definition) is 4. The molecule has 0 radical (unpaired) electrons. The number of benzene rings is 3. The van der Waals surface area contributed by atoms with E-state index in [0.29, 0.717) is 16.8 Å². The number of hydrogen-bond donors (Lipinski definition) is 3. The predicted octanol–water partition coefficient (Wildman–Crippen LogP) is 2.41. The second kappa shape index (κ2) is 8.96. The number of imide groups is 1. The summed E-state index contributed by atoms with van der Waals surface area (Å²) in [6.07, 6.45) is 0.245. The molecular formula is C25H22N4O4. The van der Waals surface area contributed by atoms with Crippen molar-refractivity contribution in [3.63, 3.8) is 0 Å². The number of anilines is 1. The molecule has 0 aromatic heterocycles. The highest BCUT2D eigenvalue weighted by atomic mass is 16.2. The zero-order valence-corrected chi connectivity index (χ0v) is 17.7. The topological polar surface area (TPSA) is 122 Å². The minimum Gasteiger partial charge on any atom is -0.366 e. The van der Waals surface area contributed by atoms with Crippen LogP contribution in [0.5, 0.6) is 0 Å². The van der Waals surface area contributed by atoms with Crippen LogP contribution < -0.4 is 16.4 Å². The standard InChI is InChI=1S/C25H22N4O4/c26-22(31)18-11-13-20(14-12-18)27-21(30)16-29-23(32)25(28-24(29)33,19-9-5-2-6-10-19)15-17-7-3-1-4-8-17/h1-14H,15-16H2,(H2,26,31)(H,27,30)(H,28,33)/t25-/m0/s1. The zero-order chi connectivity index (χ0) is 23.4. The van der Waals surface area contributed by atoms with Gasteiger partial charge in [-0.2, -0.15) is 0 Å². The van der Waals surface area contributed by atoms with Crippen molar-refractivity contribution in [2.24, 2.45) is 5.73 Å². The largest absolute Gasteiger partial charge is 0.366 e. The second-order valence-corrected chi connectivity index (χ2v) is 7.74. The van der Waals surface area contributed by atoms with E-state index in [9.17, 15) is 19.2 Å². The van der Waals surface area contributed by atoms with Crippen molar-refractivity contribution >= 4 is 29.4 Å². The lowest BCUT2D eigenvalue weighted by Gasteiger charge is -2.27. The Kier molecular flexibility index (Phi) is 5.91. The smallest absolute Gasteiger partial charge is 0.325 e. The van der Waals surface area contributed by atoms with E-state index in [4.69, 9.17) is 5.73 Å². The van der Waals surface area contributed by atoms with Crippen LogP contribution in [-0.4, -0.2) is 35.2 Å². The van der Waals surface area contributed by atoms with E-state index in [1.165, 1.54) is 24.3 Å². The summed E-state index contributed by atoms with van der Waals surface area (Å²) in [5.74, 6) is -1.63. The Morgan fingerprint density at radius 2 is 1.48 bits per heavy atom. The lowest BCUT2D eigenvalue weighted by molar-refractivity contribution is -0.134. The third-order valence-corrected chi connectivity index (χ3v) is 5.51. The molecule has 0 spiro atoms. The molecule has 1 saturated heterocycles. The first-order valence-corrected chi connectivity index (χ1v) is 10.3. The molecular weight excluding hydrogens is 420 g/mol. The molecule has 3 aromatic rings. The molecule has 0 bridgehead atoms. The summed E-state index contributed by atoms with van der Waals surface area (Å²) in [6.45, 7) is -0.453. The number of carbonyl (C=O) groups is 4. The number of nitrogens with two attached hydrogens (primary N) is 1. The van der Waals surface area contributed by atoms with Crippen molar-refractivity contribution in [3.05, 3.63) is 102 Å². The van der Waals surface area contributed by atoms with Crippen LogP contribution in [0.25, 0.3) is 0 Å². The zero-order valence-electron chi connectivity index (χ0n) is 17.7. The molecule has 1 fully saturated rings. The Morgan fingerprint density at radius 3 is 2.09 bits per heavy atom. The van der Waals surface area contributed by atoms with Crippen LogP contribution in [0.15, 0.2) is 84.9 Å². The maximum absolute atomic E-state index is 13.6. The maximum atomic E-state index is 13.6. The summed E-state index contributed by atoms with van der Waals surface area (Å²) in [5, 5.41) is 5.46. The number of nitrogens with zero attached hydrogens (tertiary/aromatic N) is 1. The number of carbonyl (C=O) groups excluding carboxylic acids is 4. The van der Waals surface area contributed by atoms with Crippen LogP contribution in [0.1, 0.15) is 21.5 Å². The first-order valence-electron chi connectivity index (χ1n) is 10.3. The van der Waals surface area contributed by atoms with Crippen molar-refractivity contribution in [3.8, 4) is 0 Å². The molecule has 8 nitrogen and oxygen atoms in total. The molecule has 0 aliphatic carbocycles. The van der Waals surface area contributed by atoms with Gasteiger partial charge in [0, 0.05) is 17.7 Å². The first kappa shape index (κ1) is 21.8. The van der Waals surface area contributed by atoms with Gasteiger partial charge in [-0.3, -0.25) is 19.3 Å². The average molecular weight is 442 g/mol. The Hall–Kier alpha value is -4.46. The molecule has 4 N–H and O–H groups in total. The lowest BCUT2D eigenvalue weighted by Crippen LogP contribution is -2.46. The molecule has 33 heavy (non-hydrogen) atoms. The van der Waals surface area contributed by atoms with Gasteiger partial charge < -0.3 is 16.4 Å². The number of primary amides is 1. The van der Waals surface area contributed by atoms with Crippen molar-refractivity contribution in [2.45, 2.75) is 12.0 Å². The molecule has 0 saturated carbocycles. The minimum absolute atomic E-state index is 0.245. The molecule has 1 atom stereocenters. The highest BCUT2D eigenvalue weighted by Crippen LogP contribution is 2.33. The summed E-state index contributed by atoms with van der Waals surface area (Å²) in [5.41, 5.74) is 6.12. The van der Waals surface area contributed by atoms with Crippen molar-refractivity contribution in [1.82, 2.24) is 10.2 Å². The highest BCUT2D eigenvalue weighted by Gasteiger charge is 2.52. The minimum atomic E-state index is -1.32. The van der Waals surface area contributed by atoms with Gasteiger partial charge in [-0.05, 0) is 35.4 Å². The van der Waals surface area contributed by atoms with Gasteiger partial charge in [0.2, 0.25) is 11.8 Å². The SMILES string of the molecule is NC(=O)c1ccc(NC(=O)CN2C(=O)N[C@@](Cc3ccccc3)(c3ccccc3)C2=O)cc1. The van der Waals surface area contributed by atoms with E-state index >= 15 is 0 Å². The van der Waals surface area contributed by atoms with Crippen molar-refractivity contribution in [1.29, 1.82) is 0 Å². The van der Waals surface area contributed by atoms with Crippen LogP contribution in [0.2, 0.25) is 0 Å². The summed E-state index contributed by atoms with van der Waals surface area (Å²) >= 11 is 0. The second-order valence-electron chi connectivity index (χ2n) is 7.74. The average Bonchev–Trinajstić information content (AvgIpc) is 3.05. The third kappa shape index (κ3) is 4.45. The summed E-state index contributed by atoms with van der Waals surface area (Å²) in [6, 6.07) is 23.7. The van der Waals surface area contributed by atoms with Gasteiger partial charge in [-0.15, -0.1) is 0 Å². The van der Waals surface area contributed by atoms with Gasteiger partial charge in [0.1, 0.15) is 6.54 Å².